The van der Waals surface area contributed by atoms with Gasteiger partial charge in [0.15, 0.2) is 17.4 Å². The second-order valence-electron chi connectivity index (χ2n) is 5.36. The van der Waals surface area contributed by atoms with E-state index in [2.05, 4.69) is 25.9 Å². The number of nitriles is 1. The van der Waals surface area contributed by atoms with Crippen LogP contribution >= 0.6 is 27.3 Å². The summed E-state index contributed by atoms with van der Waals surface area (Å²) in [5.41, 5.74) is 1.77. The Labute approximate surface area is 160 Å². The maximum atomic E-state index is 14.2. The highest BCUT2D eigenvalue weighted by Gasteiger charge is 2.15. The topological polar surface area (TPSA) is 58.8 Å². The number of thiophene rings is 1. The van der Waals surface area contributed by atoms with Gasteiger partial charge in [-0.3, -0.25) is 0 Å². The molecule has 0 aliphatic heterocycles. The minimum atomic E-state index is -0.614. The second kappa shape index (κ2) is 6.83. The number of nitrogens with zero attached hydrogens (tertiary/aromatic N) is 3. The summed E-state index contributed by atoms with van der Waals surface area (Å²) in [4.78, 5) is 9.05. The van der Waals surface area contributed by atoms with Gasteiger partial charge < -0.3 is 4.74 Å². The molecular weight excluding hydrogens is 417 g/mol. The van der Waals surface area contributed by atoms with Crippen LogP contribution in [0.3, 0.4) is 0 Å². The van der Waals surface area contributed by atoms with Gasteiger partial charge in [0.05, 0.1) is 17.1 Å². The zero-order valence-electron chi connectivity index (χ0n) is 13.1. The van der Waals surface area contributed by atoms with E-state index in [-0.39, 0.29) is 17.2 Å². The van der Waals surface area contributed by atoms with Gasteiger partial charge in [-0.2, -0.15) is 10.2 Å². The first-order valence-electron chi connectivity index (χ1n) is 7.53. The van der Waals surface area contributed by atoms with Crippen molar-refractivity contribution in [3.05, 3.63) is 69.8 Å². The highest BCUT2D eigenvalue weighted by Crippen LogP contribution is 2.34. The van der Waals surface area contributed by atoms with Crippen molar-refractivity contribution in [2.45, 2.75) is 0 Å². The lowest BCUT2D eigenvalue weighted by Crippen LogP contribution is -1.96. The SMILES string of the molecule is N#Cc1ccc(Oc2nc(-c3cccc(Br)c3)nc3ccsc23)c(F)c1. The Kier molecular flexibility index (Phi) is 4.37. The van der Waals surface area contributed by atoms with Gasteiger partial charge in [-0.15, -0.1) is 11.3 Å². The minimum absolute atomic E-state index is 0.0117. The molecule has 0 fully saturated rings. The molecule has 2 aromatic carbocycles. The molecule has 126 valence electrons. The van der Waals surface area contributed by atoms with Crippen LogP contribution in [0.1, 0.15) is 5.56 Å². The number of hydrogen-bond acceptors (Lipinski definition) is 5. The van der Waals surface area contributed by atoms with Gasteiger partial charge in [0.1, 0.15) is 4.70 Å². The number of halogens is 2. The molecule has 0 saturated heterocycles. The average molecular weight is 426 g/mol. The third-order valence-electron chi connectivity index (χ3n) is 3.62. The van der Waals surface area contributed by atoms with Gasteiger partial charge in [-0.25, -0.2) is 9.37 Å². The molecule has 0 N–H and O–H groups in total. The molecule has 2 aromatic heterocycles. The summed E-state index contributed by atoms with van der Waals surface area (Å²) in [5.74, 6) is 0.166. The first-order valence-corrected chi connectivity index (χ1v) is 9.20. The Morgan fingerprint density at radius 2 is 2.00 bits per heavy atom. The van der Waals surface area contributed by atoms with Crippen LogP contribution in [-0.4, -0.2) is 9.97 Å². The van der Waals surface area contributed by atoms with Crippen molar-refractivity contribution in [2.75, 3.05) is 0 Å². The molecule has 7 heteroatoms. The zero-order valence-corrected chi connectivity index (χ0v) is 15.5. The Balaban J connectivity index is 1.82. The van der Waals surface area contributed by atoms with E-state index < -0.39 is 5.82 Å². The molecule has 0 saturated carbocycles. The third kappa shape index (κ3) is 3.17. The predicted molar refractivity (Wildman–Crippen MR) is 102 cm³/mol. The van der Waals surface area contributed by atoms with E-state index in [4.69, 9.17) is 10.00 Å². The molecule has 4 aromatic rings. The van der Waals surface area contributed by atoms with Gasteiger partial charge in [0, 0.05) is 10.0 Å². The van der Waals surface area contributed by atoms with Crippen molar-refractivity contribution in [2.24, 2.45) is 0 Å². The standard InChI is InChI=1S/C19H9BrFN3OS/c20-13-3-1-2-12(9-13)18-23-15-6-7-26-17(15)19(24-18)25-16-5-4-11(10-22)8-14(16)21/h1-9H. The van der Waals surface area contributed by atoms with Crippen molar-refractivity contribution in [3.8, 4) is 29.1 Å². The van der Waals surface area contributed by atoms with E-state index in [0.29, 0.717) is 5.82 Å². The lowest BCUT2D eigenvalue weighted by atomic mass is 10.2. The van der Waals surface area contributed by atoms with E-state index in [1.165, 1.54) is 23.5 Å². The average Bonchev–Trinajstić information content (AvgIpc) is 3.12. The molecule has 0 aliphatic rings. The molecule has 26 heavy (non-hydrogen) atoms. The first kappa shape index (κ1) is 16.6. The van der Waals surface area contributed by atoms with E-state index in [0.717, 1.165) is 26.3 Å². The number of fused-ring (bicyclic) bond motifs is 1. The van der Waals surface area contributed by atoms with E-state index in [9.17, 15) is 4.39 Å². The monoisotopic (exact) mass is 425 g/mol. The molecule has 0 bridgehead atoms. The van der Waals surface area contributed by atoms with Gasteiger partial charge >= 0.3 is 0 Å². The molecule has 4 rings (SSSR count). The van der Waals surface area contributed by atoms with E-state index in [1.807, 2.05) is 41.8 Å². The van der Waals surface area contributed by atoms with Crippen LogP contribution in [0.4, 0.5) is 4.39 Å². The molecule has 0 amide bonds. The Bertz CT molecular complexity index is 1170. The number of ether oxygens (including phenoxy) is 1. The summed E-state index contributed by atoms with van der Waals surface area (Å²) >= 11 is 4.86. The first-order chi connectivity index (χ1) is 12.6. The molecule has 0 spiro atoms. The quantitative estimate of drug-likeness (QED) is 0.408. The summed E-state index contributed by atoms with van der Waals surface area (Å²) in [5, 5.41) is 10.7. The smallest absolute Gasteiger partial charge is 0.241 e. The van der Waals surface area contributed by atoms with Crippen molar-refractivity contribution < 1.29 is 9.13 Å². The molecule has 2 heterocycles. The lowest BCUT2D eigenvalue weighted by Gasteiger charge is -2.09. The van der Waals surface area contributed by atoms with Crippen LogP contribution in [0.25, 0.3) is 21.6 Å². The van der Waals surface area contributed by atoms with Crippen molar-refractivity contribution >= 4 is 37.5 Å². The highest BCUT2D eigenvalue weighted by atomic mass is 79.9. The van der Waals surface area contributed by atoms with Crippen LogP contribution in [0.2, 0.25) is 0 Å². The maximum absolute atomic E-state index is 14.2. The van der Waals surface area contributed by atoms with Crippen LogP contribution in [0.15, 0.2) is 58.4 Å². The molecule has 0 atom stereocenters. The number of rotatable bonds is 3. The predicted octanol–water partition coefficient (Wildman–Crippen LogP) is 5.92. The summed E-state index contributed by atoms with van der Waals surface area (Å²) in [6.45, 7) is 0. The van der Waals surface area contributed by atoms with Gasteiger partial charge in [0.25, 0.3) is 0 Å². The highest BCUT2D eigenvalue weighted by molar-refractivity contribution is 9.10. The van der Waals surface area contributed by atoms with Crippen LogP contribution < -0.4 is 4.74 Å². The number of hydrogen-bond donors (Lipinski definition) is 0. The maximum Gasteiger partial charge on any atom is 0.241 e. The molecular formula is C19H9BrFN3OS. The summed E-state index contributed by atoms with van der Waals surface area (Å²) < 4.78 is 21.6. The lowest BCUT2D eigenvalue weighted by molar-refractivity contribution is 0.432. The minimum Gasteiger partial charge on any atom is -0.434 e. The van der Waals surface area contributed by atoms with Gasteiger partial charge in [0.2, 0.25) is 5.88 Å². The molecule has 0 radical (unpaired) electrons. The van der Waals surface area contributed by atoms with E-state index in [1.54, 1.807) is 0 Å². The normalized spacial score (nSPS) is 10.7. The van der Waals surface area contributed by atoms with Crippen molar-refractivity contribution in [3.63, 3.8) is 0 Å². The van der Waals surface area contributed by atoms with E-state index >= 15 is 0 Å². The Hall–Kier alpha value is -2.82. The van der Waals surface area contributed by atoms with Crippen molar-refractivity contribution in [1.82, 2.24) is 9.97 Å². The second-order valence-corrected chi connectivity index (χ2v) is 7.19. The summed E-state index contributed by atoms with van der Waals surface area (Å²) in [6.07, 6.45) is 0. The number of aromatic nitrogens is 2. The summed E-state index contributed by atoms with van der Waals surface area (Å²) in [7, 11) is 0. The summed E-state index contributed by atoms with van der Waals surface area (Å²) in [6, 6.07) is 15.4. The largest absolute Gasteiger partial charge is 0.434 e. The fraction of sp³-hybridized carbons (Fsp3) is 0. The molecule has 4 nitrogen and oxygen atoms in total. The van der Waals surface area contributed by atoms with Gasteiger partial charge in [-0.05, 0) is 41.8 Å². The van der Waals surface area contributed by atoms with Gasteiger partial charge in [-0.1, -0.05) is 28.1 Å². The Morgan fingerprint density at radius 1 is 1.12 bits per heavy atom. The fourth-order valence-corrected chi connectivity index (χ4v) is 3.57. The fourth-order valence-electron chi connectivity index (χ4n) is 2.42. The van der Waals surface area contributed by atoms with Crippen LogP contribution in [0, 0.1) is 17.1 Å². The van der Waals surface area contributed by atoms with Crippen LogP contribution in [-0.2, 0) is 0 Å². The molecule has 0 unspecified atom stereocenters. The number of benzene rings is 2. The molecule has 0 aliphatic carbocycles. The zero-order chi connectivity index (χ0) is 18.1. The van der Waals surface area contributed by atoms with Crippen LogP contribution in [0.5, 0.6) is 11.6 Å². The third-order valence-corrected chi connectivity index (χ3v) is 5.01. The van der Waals surface area contributed by atoms with Crippen molar-refractivity contribution in [1.29, 1.82) is 5.26 Å². The Morgan fingerprint density at radius 3 is 2.77 bits per heavy atom.